The molecule has 1 aromatic carbocycles. The molecule has 2 fully saturated rings. The van der Waals surface area contributed by atoms with Crippen molar-refractivity contribution in [3.63, 3.8) is 0 Å². The summed E-state index contributed by atoms with van der Waals surface area (Å²) in [5.41, 5.74) is 0.734. The van der Waals surface area contributed by atoms with Gasteiger partial charge in [-0.25, -0.2) is 21.6 Å². The number of nitrogens with one attached hydrogen (secondary N) is 1. The minimum atomic E-state index is -3.68. The van der Waals surface area contributed by atoms with Gasteiger partial charge in [-0.15, -0.1) is 0 Å². The molecular formula is C18H26N2O4S2. The Labute approximate surface area is 156 Å². The van der Waals surface area contributed by atoms with Gasteiger partial charge < -0.3 is 0 Å². The monoisotopic (exact) mass is 398 g/mol. The van der Waals surface area contributed by atoms with Gasteiger partial charge in [0.1, 0.15) is 0 Å². The minimum absolute atomic E-state index is 0.0699. The van der Waals surface area contributed by atoms with E-state index in [9.17, 15) is 16.8 Å². The normalized spacial score (nSPS) is 27.3. The molecule has 1 saturated carbocycles. The van der Waals surface area contributed by atoms with Crippen LogP contribution in [0.25, 0.3) is 0 Å². The number of sulfonamides is 2. The zero-order valence-electron chi connectivity index (χ0n) is 14.9. The molecule has 1 saturated heterocycles. The van der Waals surface area contributed by atoms with E-state index in [4.69, 9.17) is 0 Å². The topological polar surface area (TPSA) is 83.5 Å². The first-order valence-corrected chi connectivity index (χ1v) is 12.5. The van der Waals surface area contributed by atoms with Crippen molar-refractivity contribution in [3.8, 4) is 0 Å². The van der Waals surface area contributed by atoms with Crippen LogP contribution in [0.3, 0.4) is 0 Å². The van der Waals surface area contributed by atoms with Crippen molar-refractivity contribution in [1.82, 2.24) is 9.03 Å². The molecule has 3 aliphatic rings. The highest BCUT2D eigenvalue weighted by molar-refractivity contribution is 7.90. The van der Waals surface area contributed by atoms with Crippen LogP contribution >= 0.6 is 0 Å². The number of hydrogen-bond acceptors (Lipinski definition) is 4. The van der Waals surface area contributed by atoms with E-state index in [1.807, 2.05) is 0 Å². The molecule has 2 heterocycles. The van der Waals surface area contributed by atoms with Crippen molar-refractivity contribution in [1.29, 1.82) is 0 Å². The fourth-order valence-corrected chi connectivity index (χ4v) is 7.73. The van der Waals surface area contributed by atoms with Gasteiger partial charge in [0, 0.05) is 19.1 Å². The van der Waals surface area contributed by atoms with Crippen LogP contribution in [0.2, 0.25) is 0 Å². The molecule has 1 N–H and O–H groups in total. The number of piperidine rings is 1. The van der Waals surface area contributed by atoms with E-state index in [-0.39, 0.29) is 15.8 Å². The van der Waals surface area contributed by atoms with Gasteiger partial charge in [-0.2, -0.15) is 4.31 Å². The second-order valence-corrected chi connectivity index (χ2v) is 11.3. The summed E-state index contributed by atoms with van der Waals surface area (Å²) >= 11 is 0. The molecule has 0 bridgehead atoms. The molecule has 26 heavy (non-hydrogen) atoms. The van der Waals surface area contributed by atoms with E-state index in [1.54, 1.807) is 12.1 Å². The summed E-state index contributed by atoms with van der Waals surface area (Å²) in [6.07, 6.45) is 7.82. The first-order valence-electron chi connectivity index (χ1n) is 9.53. The molecule has 1 atom stereocenters. The summed E-state index contributed by atoms with van der Waals surface area (Å²) in [6, 6.07) is 4.56. The predicted molar refractivity (Wildman–Crippen MR) is 98.8 cm³/mol. The van der Waals surface area contributed by atoms with Crippen molar-refractivity contribution >= 4 is 20.0 Å². The van der Waals surface area contributed by atoms with E-state index in [0.29, 0.717) is 25.4 Å². The summed E-state index contributed by atoms with van der Waals surface area (Å²) in [7, 11) is -7.31. The third-order valence-corrected chi connectivity index (χ3v) is 9.46. The van der Waals surface area contributed by atoms with Crippen LogP contribution in [0, 0.1) is 5.92 Å². The highest BCUT2D eigenvalue weighted by Crippen LogP contribution is 2.35. The lowest BCUT2D eigenvalue weighted by Gasteiger charge is -2.31. The second-order valence-electron chi connectivity index (χ2n) is 7.71. The highest BCUT2D eigenvalue weighted by Gasteiger charge is 2.36. The van der Waals surface area contributed by atoms with Crippen LogP contribution in [0.4, 0.5) is 0 Å². The lowest BCUT2D eigenvalue weighted by Crippen LogP contribution is -2.45. The molecule has 8 heteroatoms. The molecule has 0 aromatic heterocycles. The van der Waals surface area contributed by atoms with E-state index >= 15 is 0 Å². The number of fused-ring (bicyclic) bond motifs is 1. The summed E-state index contributed by atoms with van der Waals surface area (Å²) in [4.78, 5) is 0.215. The highest BCUT2D eigenvalue weighted by atomic mass is 32.2. The molecular weight excluding hydrogens is 372 g/mol. The fraction of sp³-hybridized carbons (Fsp3) is 0.667. The lowest BCUT2D eigenvalue weighted by molar-refractivity contribution is 0.346. The van der Waals surface area contributed by atoms with Crippen molar-refractivity contribution in [3.05, 3.63) is 23.8 Å². The van der Waals surface area contributed by atoms with Crippen molar-refractivity contribution in [2.45, 2.75) is 67.2 Å². The Balaban J connectivity index is 1.66. The molecule has 144 valence electrons. The molecule has 4 rings (SSSR count). The summed E-state index contributed by atoms with van der Waals surface area (Å²) < 4.78 is 55.6. The third-order valence-electron chi connectivity index (χ3n) is 6.00. The average Bonchev–Trinajstić information content (AvgIpc) is 3.16. The molecule has 6 nitrogen and oxygen atoms in total. The quantitative estimate of drug-likeness (QED) is 0.846. The first kappa shape index (κ1) is 18.4. The van der Waals surface area contributed by atoms with Gasteiger partial charge in [0.25, 0.3) is 0 Å². The summed E-state index contributed by atoms with van der Waals surface area (Å²) in [5, 5.41) is 0. The Hall–Kier alpha value is -0.960. The van der Waals surface area contributed by atoms with Crippen molar-refractivity contribution < 1.29 is 16.8 Å². The van der Waals surface area contributed by atoms with Gasteiger partial charge in [0.05, 0.1) is 9.79 Å². The van der Waals surface area contributed by atoms with Crippen molar-refractivity contribution in [2.75, 3.05) is 13.1 Å². The van der Waals surface area contributed by atoms with Gasteiger partial charge in [0.2, 0.25) is 20.0 Å². The first-order chi connectivity index (χ1) is 12.4. The van der Waals surface area contributed by atoms with Crippen molar-refractivity contribution in [2.24, 2.45) is 5.92 Å². The smallest absolute Gasteiger partial charge is 0.207 e. The number of nitrogens with zero attached hydrogens (tertiary/aromatic N) is 1. The van der Waals surface area contributed by atoms with Crippen LogP contribution in [0.5, 0.6) is 0 Å². The maximum absolute atomic E-state index is 12.9. The third kappa shape index (κ3) is 3.32. The maximum Gasteiger partial charge on any atom is 0.243 e. The van der Waals surface area contributed by atoms with E-state index in [1.165, 1.54) is 10.4 Å². The predicted octanol–water partition coefficient (Wildman–Crippen LogP) is 2.25. The fourth-order valence-electron chi connectivity index (χ4n) is 4.53. The number of hydrogen-bond donors (Lipinski definition) is 1. The Morgan fingerprint density at radius 3 is 2.38 bits per heavy atom. The van der Waals surface area contributed by atoms with Crippen LogP contribution < -0.4 is 4.72 Å². The van der Waals surface area contributed by atoms with E-state index in [0.717, 1.165) is 50.5 Å². The molecule has 0 radical (unpaired) electrons. The van der Waals surface area contributed by atoms with Gasteiger partial charge in [-0.05, 0) is 55.7 Å². The minimum Gasteiger partial charge on any atom is -0.207 e. The van der Waals surface area contributed by atoms with Gasteiger partial charge >= 0.3 is 0 Å². The Bertz CT molecular complexity index is 884. The van der Waals surface area contributed by atoms with Gasteiger partial charge in [0.15, 0.2) is 0 Å². The van der Waals surface area contributed by atoms with Crippen LogP contribution in [0.15, 0.2) is 28.0 Å². The maximum atomic E-state index is 12.9. The van der Waals surface area contributed by atoms with E-state index < -0.39 is 20.0 Å². The largest absolute Gasteiger partial charge is 0.243 e. The zero-order chi connectivity index (χ0) is 18.4. The Morgan fingerprint density at radius 1 is 1.00 bits per heavy atom. The molecule has 0 spiro atoms. The van der Waals surface area contributed by atoms with Gasteiger partial charge in [-0.1, -0.05) is 25.3 Å². The average molecular weight is 399 g/mol. The van der Waals surface area contributed by atoms with Crippen LogP contribution in [0.1, 0.15) is 50.5 Å². The SMILES string of the molecule is O=S1(=O)NC(C2CCCC2)Cc2ccc(S(=O)(=O)N3CCCCC3)cc21. The molecule has 1 aliphatic carbocycles. The Kier molecular flexibility index (Phi) is 4.88. The van der Waals surface area contributed by atoms with Gasteiger partial charge in [-0.3, -0.25) is 0 Å². The number of rotatable bonds is 3. The number of benzene rings is 1. The zero-order valence-corrected chi connectivity index (χ0v) is 16.5. The van der Waals surface area contributed by atoms with Crippen LogP contribution in [-0.2, 0) is 26.5 Å². The van der Waals surface area contributed by atoms with E-state index in [2.05, 4.69) is 4.72 Å². The molecule has 0 amide bonds. The second kappa shape index (κ2) is 6.89. The lowest BCUT2D eigenvalue weighted by atomic mass is 9.93. The van der Waals surface area contributed by atoms with Crippen LogP contribution in [-0.4, -0.2) is 40.3 Å². The molecule has 1 aromatic rings. The summed E-state index contributed by atoms with van der Waals surface area (Å²) in [5.74, 6) is 0.384. The summed E-state index contributed by atoms with van der Waals surface area (Å²) in [6.45, 7) is 1.02. The molecule has 1 unspecified atom stereocenters. The molecule has 2 aliphatic heterocycles. The standard InChI is InChI=1S/C18H26N2O4S2/c21-25(22)18-13-16(26(23,24)20-10-4-1-5-11-20)9-8-15(18)12-17(19-25)14-6-2-3-7-14/h8-9,13-14,17,19H,1-7,10-12H2. The Morgan fingerprint density at radius 2 is 1.69 bits per heavy atom.